The fraction of sp³-hybridized carbons (Fsp3) is 0.281. The minimum absolute atomic E-state index is 0.219. The standard InChI is InChI=1S/C32H32ClN5O2S/c1-21-13-17-36(18-14-21)27-12-11-24(20-25(27)33)38-30(29(35-32(38)41)26-9-3-4-15-34-26)28-10-6-16-37(28)23-8-5-7-22(19-23)31(39)40-2/h3-12,15-16,19-21,29-30H,13-14,17-18H2,1-2H3,(H,35,41)/t29-,30+/m1/s1. The van der Waals surface area contributed by atoms with Crippen LogP contribution in [0.1, 0.15) is 53.6 Å². The van der Waals surface area contributed by atoms with E-state index >= 15 is 0 Å². The monoisotopic (exact) mass is 585 g/mol. The van der Waals surface area contributed by atoms with Crippen LogP contribution in [0.25, 0.3) is 5.69 Å². The fourth-order valence-corrected chi connectivity index (χ4v) is 6.50. The lowest BCUT2D eigenvalue weighted by molar-refractivity contribution is 0.0600. The Hall–Kier alpha value is -3.88. The molecule has 2 aromatic carbocycles. The van der Waals surface area contributed by atoms with E-state index in [4.69, 9.17) is 28.6 Å². The number of methoxy groups -OCH3 is 1. The van der Waals surface area contributed by atoms with Crippen molar-refractivity contribution in [3.05, 3.63) is 107 Å². The summed E-state index contributed by atoms with van der Waals surface area (Å²) in [4.78, 5) is 21.5. The first-order chi connectivity index (χ1) is 19.9. The van der Waals surface area contributed by atoms with Crippen LogP contribution in [0.4, 0.5) is 11.4 Å². The fourth-order valence-electron chi connectivity index (χ4n) is 5.86. The molecule has 2 fully saturated rings. The Morgan fingerprint density at radius 2 is 1.85 bits per heavy atom. The van der Waals surface area contributed by atoms with Crippen LogP contribution in [0.3, 0.4) is 0 Å². The molecule has 2 atom stereocenters. The molecule has 0 unspecified atom stereocenters. The molecule has 2 aliphatic heterocycles. The molecule has 210 valence electrons. The quantitative estimate of drug-likeness (QED) is 0.199. The summed E-state index contributed by atoms with van der Waals surface area (Å²) in [6.45, 7) is 4.32. The van der Waals surface area contributed by atoms with Crippen molar-refractivity contribution in [3.8, 4) is 5.69 Å². The Kier molecular flexibility index (Phi) is 7.69. The maximum atomic E-state index is 12.3. The van der Waals surface area contributed by atoms with E-state index in [2.05, 4.69) is 49.8 Å². The first kappa shape index (κ1) is 27.3. The molecule has 1 N–H and O–H groups in total. The molecule has 4 aromatic rings. The van der Waals surface area contributed by atoms with Crippen molar-refractivity contribution in [2.45, 2.75) is 31.8 Å². The van der Waals surface area contributed by atoms with Gasteiger partial charge in [0.1, 0.15) is 6.04 Å². The van der Waals surface area contributed by atoms with Crippen LogP contribution in [0, 0.1) is 5.92 Å². The van der Waals surface area contributed by atoms with E-state index in [1.165, 1.54) is 20.0 Å². The summed E-state index contributed by atoms with van der Waals surface area (Å²) in [7, 11) is 1.39. The van der Waals surface area contributed by atoms with Crippen molar-refractivity contribution < 1.29 is 9.53 Å². The van der Waals surface area contributed by atoms with Gasteiger partial charge in [0.2, 0.25) is 0 Å². The first-order valence-electron chi connectivity index (χ1n) is 13.9. The van der Waals surface area contributed by atoms with Gasteiger partial charge in [-0.3, -0.25) is 4.98 Å². The number of piperidine rings is 1. The number of halogens is 1. The maximum absolute atomic E-state index is 12.3. The SMILES string of the molecule is COC(=O)c1cccc(-n2cccc2[C@H]2[C@@H](c3ccccn3)NC(=S)N2c2ccc(N3CCC(C)CC3)c(Cl)c2)c1. The van der Waals surface area contributed by atoms with Crippen LogP contribution >= 0.6 is 23.8 Å². The van der Waals surface area contributed by atoms with E-state index in [0.717, 1.165) is 47.5 Å². The molecule has 0 spiro atoms. The molecule has 9 heteroatoms. The number of hydrogen-bond donors (Lipinski definition) is 1. The van der Waals surface area contributed by atoms with E-state index in [1.807, 2.05) is 54.7 Å². The predicted molar refractivity (Wildman–Crippen MR) is 167 cm³/mol. The van der Waals surface area contributed by atoms with Crippen molar-refractivity contribution in [2.75, 3.05) is 30.0 Å². The molecule has 4 heterocycles. The lowest BCUT2D eigenvalue weighted by atomic mass is 9.98. The normalized spacial score (nSPS) is 19.3. The average Bonchev–Trinajstić information content (AvgIpc) is 3.62. The number of esters is 1. The van der Waals surface area contributed by atoms with E-state index < -0.39 is 0 Å². The van der Waals surface area contributed by atoms with Crippen molar-refractivity contribution in [1.82, 2.24) is 14.9 Å². The summed E-state index contributed by atoms with van der Waals surface area (Å²) >= 11 is 12.9. The summed E-state index contributed by atoms with van der Waals surface area (Å²) in [5.41, 5.74) is 5.15. The van der Waals surface area contributed by atoms with Crippen LogP contribution in [0.5, 0.6) is 0 Å². The molecule has 0 amide bonds. The number of nitrogens with zero attached hydrogens (tertiary/aromatic N) is 4. The van der Waals surface area contributed by atoms with Crippen LogP contribution in [0.2, 0.25) is 5.02 Å². The Morgan fingerprint density at radius 3 is 2.59 bits per heavy atom. The second kappa shape index (κ2) is 11.5. The van der Waals surface area contributed by atoms with E-state index in [0.29, 0.717) is 15.7 Å². The van der Waals surface area contributed by atoms with Gasteiger partial charge in [0, 0.05) is 42.6 Å². The third kappa shape index (κ3) is 5.29. The van der Waals surface area contributed by atoms with Crippen molar-refractivity contribution in [1.29, 1.82) is 0 Å². The van der Waals surface area contributed by atoms with Gasteiger partial charge in [-0.2, -0.15) is 0 Å². The third-order valence-electron chi connectivity index (χ3n) is 8.06. The Labute approximate surface area is 250 Å². The van der Waals surface area contributed by atoms with Crippen LogP contribution in [-0.4, -0.2) is 40.8 Å². The van der Waals surface area contributed by atoms with E-state index in [-0.39, 0.29) is 18.1 Å². The van der Waals surface area contributed by atoms with Gasteiger partial charge in [-0.25, -0.2) is 4.79 Å². The second-order valence-electron chi connectivity index (χ2n) is 10.6. The zero-order valence-corrected chi connectivity index (χ0v) is 24.6. The van der Waals surface area contributed by atoms with E-state index in [1.54, 1.807) is 12.3 Å². The molecule has 2 aliphatic rings. The Balaban J connectivity index is 1.42. The molecule has 6 rings (SSSR count). The topological polar surface area (TPSA) is 62.6 Å². The van der Waals surface area contributed by atoms with Crippen LogP contribution < -0.4 is 15.1 Å². The maximum Gasteiger partial charge on any atom is 0.337 e. The van der Waals surface area contributed by atoms with Gasteiger partial charge in [0.15, 0.2) is 5.11 Å². The summed E-state index contributed by atoms with van der Waals surface area (Å²) < 4.78 is 7.05. The largest absolute Gasteiger partial charge is 0.465 e. The number of carbonyl (C=O) groups is 1. The summed E-state index contributed by atoms with van der Waals surface area (Å²) in [5, 5.41) is 4.83. The van der Waals surface area contributed by atoms with Gasteiger partial charge in [0.25, 0.3) is 0 Å². The number of rotatable bonds is 6. The highest BCUT2D eigenvalue weighted by atomic mass is 35.5. The Bertz CT molecular complexity index is 1570. The minimum Gasteiger partial charge on any atom is -0.465 e. The highest BCUT2D eigenvalue weighted by molar-refractivity contribution is 7.80. The number of hydrogen-bond acceptors (Lipinski definition) is 5. The summed E-state index contributed by atoms with van der Waals surface area (Å²) in [6, 6.07) is 23.2. The van der Waals surface area contributed by atoms with Crippen molar-refractivity contribution in [2.24, 2.45) is 5.92 Å². The number of nitrogens with one attached hydrogen (secondary N) is 1. The van der Waals surface area contributed by atoms with Crippen LogP contribution in [0.15, 0.2) is 85.2 Å². The molecule has 0 bridgehead atoms. The lowest BCUT2D eigenvalue weighted by Gasteiger charge is -2.33. The van der Waals surface area contributed by atoms with Gasteiger partial charge in [-0.05, 0) is 91.6 Å². The highest BCUT2D eigenvalue weighted by Gasteiger charge is 2.42. The summed E-state index contributed by atoms with van der Waals surface area (Å²) in [5.74, 6) is 0.362. The zero-order valence-electron chi connectivity index (χ0n) is 23.0. The number of anilines is 2. The number of carbonyl (C=O) groups excluding carboxylic acids is 1. The molecule has 0 aliphatic carbocycles. The number of pyridine rings is 1. The second-order valence-corrected chi connectivity index (χ2v) is 11.4. The zero-order chi connectivity index (χ0) is 28.5. The van der Waals surface area contributed by atoms with Gasteiger partial charge < -0.3 is 24.4 Å². The lowest BCUT2D eigenvalue weighted by Crippen LogP contribution is -2.33. The van der Waals surface area contributed by atoms with E-state index in [9.17, 15) is 4.79 Å². The highest BCUT2D eigenvalue weighted by Crippen LogP contribution is 2.44. The molecule has 0 saturated carbocycles. The molecule has 2 aromatic heterocycles. The molecule has 0 radical (unpaired) electrons. The third-order valence-corrected chi connectivity index (χ3v) is 8.68. The van der Waals surface area contributed by atoms with Crippen LogP contribution in [-0.2, 0) is 4.74 Å². The summed E-state index contributed by atoms with van der Waals surface area (Å²) in [6.07, 6.45) is 6.12. The molecule has 41 heavy (non-hydrogen) atoms. The number of benzene rings is 2. The Morgan fingerprint density at radius 1 is 1.02 bits per heavy atom. The van der Waals surface area contributed by atoms with Gasteiger partial charge in [-0.15, -0.1) is 0 Å². The number of thiocarbonyl (C=S) groups is 1. The van der Waals surface area contributed by atoms with Gasteiger partial charge in [-0.1, -0.05) is 30.7 Å². The van der Waals surface area contributed by atoms with Gasteiger partial charge >= 0.3 is 5.97 Å². The molecular weight excluding hydrogens is 554 g/mol. The smallest absolute Gasteiger partial charge is 0.337 e. The van der Waals surface area contributed by atoms with Gasteiger partial charge in [0.05, 0.1) is 35.1 Å². The molecule has 7 nitrogen and oxygen atoms in total. The van der Waals surface area contributed by atoms with Crippen molar-refractivity contribution in [3.63, 3.8) is 0 Å². The molecule has 2 saturated heterocycles. The number of ether oxygens (including phenoxy) is 1. The van der Waals surface area contributed by atoms with Crippen molar-refractivity contribution >= 4 is 46.3 Å². The predicted octanol–water partition coefficient (Wildman–Crippen LogP) is 6.73. The first-order valence-corrected chi connectivity index (χ1v) is 14.6. The minimum atomic E-state index is -0.379. The number of aromatic nitrogens is 2. The average molecular weight is 586 g/mol. The molecular formula is C32H32ClN5O2S.